The second-order valence-corrected chi connectivity index (χ2v) is 4.96. The summed E-state index contributed by atoms with van der Waals surface area (Å²) in [6.45, 7) is 0. The van der Waals surface area contributed by atoms with Crippen molar-refractivity contribution >= 4 is 5.57 Å². The summed E-state index contributed by atoms with van der Waals surface area (Å²) >= 11 is 0. The molecule has 86 valence electrons. The van der Waals surface area contributed by atoms with Gasteiger partial charge in [0.15, 0.2) is 0 Å². The van der Waals surface area contributed by atoms with Gasteiger partial charge >= 0.3 is 0 Å². The van der Waals surface area contributed by atoms with Gasteiger partial charge in [-0.05, 0) is 46.2 Å². The van der Waals surface area contributed by atoms with Crippen molar-refractivity contribution in [1.82, 2.24) is 0 Å². The Morgan fingerprint density at radius 2 is 1.61 bits per heavy atom. The fourth-order valence-electron chi connectivity index (χ4n) is 3.09. The lowest BCUT2D eigenvalue weighted by Crippen LogP contribution is -1.89. The van der Waals surface area contributed by atoms with Crippen LogP contribution in [-0.2, 0) is 6.42 Å². The fraction of sp³-hybridized carbons (Fsp3) is 0.111. The lowest BCUT2D eigenvalue weighted by Gasteiger charge is -2.08. The topological polar surface area (TPSA) is 0 Å². The van der Waals surface area contributed by atoms with Gasteiger partial charge in [0.1, 0.15) is 0 Å². The van der Waals surface area contributed by atoms with Crippen molar-refractivity contribution in [2.45, 2.75) is 12.8 Å². The second kappa shape index (κ2) is 3.71. The van der Waals surface area contributed by atoms with Crippen molar-refractivity contribution in [3.63, 3.8) is 0 Å². The van der Waals surface area contributed by atoms with Crippen LogP contribution in [-0.4, -0.2) is 0 Å². The van der Waals surface area contributed by atoms with Crippen molar-refractivity contribution in [2.75, 3.05) is 0 Å². The van der Waals surface area contributed by atoms with E-state index in [-0.39, 0.29) is 0 Å². The highest BCUT2D eigenvalue weighted by Gasteiger charge is 2.21. The smallest absolute Gasteiger partial charge is 0.000729 e. The first-order valence-corrected chi connectivity index (χ1v) is 6.51. The molecule has 2 aliphatic rings. The summed E-state index contributed by atoms with van der Waals surface area (Å²) < 4.78 is 0. The molecule has 0 atom stereocenters. The van der Waals surface area contributed by atoms with Gasteiger partial charge in [0.25, 0.3) is 0 Å². The molecule has 0 amide bonds. The van der Waals surface area contributed by atoms with Gasteiger partial charge in [0, 0.05) is 0 Å². The highest BCUT2D eigenvalue weighted by molar-refractivity contribution is 5.86. The lowest BCUT2D eigenvalue weighted by atomic mass is 9.96. The maximum absolute atomic E-state index is 2.32. The average molecular weight is 230 g/mol. The average Bonchev–Trinajstić information content (AvgIpc) is 3.05. The van der Waals surface area contributed by atoms with Gasteiger partial charge in [-0.15, -0.1) is 0 Å². The van der Waals surface area contributed by atoms with Crippen LogP contribution in [0.3, 0.4) is 0 Å². The van der Waals surface area contributed by atoms with Crippen LogP contribution < -0.4 is 0 Å². The Balaban J connectivity index is 1.94. The van der Waals surface area contributed by atoms with E-state index < -0.39 is 0 Å². The van der Waals surface area contributed by atoms with E-state index in [9.17, 15) is 0 Å². The van der Waals surface area contributed by atoms with Gasteiger partial charge in [-0.2, -0.15) is 0 Å². The van der Waals surface area contributed by atoms with Crippen molar-refractivity contribution in [1.29, 1.82) is 0 Å². The molecule has 2 aromatic carbocycles. The van der Waals surface area contributed by atoms with Crippen molar-refractivity contribution < 1.29 is 0 Å². The Morgan fingerprint density at radius 1 is 0.778 bits per heavy atom. The zero-order valence-corrected chi connectivity index (χ0v) is 10.2. The molecule has 2 aliphatic carbocycles. The third-order valence-electron chi connectivity index (χ3n) is 3.93. The summed E-state index contributed by atoms with van der Waals surface area (Å²) in [6, 6.07) is 15.5. The normalized spacial score (nSPS) is 15.4. The number of hydrogen-bond donors (Lipinski definition) is 0. The minimum Gasteiger partial charge on any atom is -0.0801 e. The quantitative estimate of drug-likeness (QED) is 0.573. The van der Waals surface area contributed by atoms with Crippen LogP contribution in [0.1, 0.15) is 23.1 Å². The molecule has 0 saturated heterocycles. The standard InChI is InChI=1S/C18H14/c1-2-7-13(6-1)15-10-5-11-17-16-9-4-3-8-14(16)12-18(15)17/h1,3-11H,2,12H2. The molecule has 0 fully saturated rings. The molecule has 0 nitrogen and oxygen atoms in total. The Bertz CT molecular complexity index is 687. The second-order valence-electron chi connectivity index (χ2n) is 4.96. The van der Waals surface area contributed by atoms with Crippen molar-refractivity contribution in [3.05, 3.63) is 77.4 Å². The highest BCUT2D eigenvalue weighted by atomic mass is 14.2. The molecule has 4 rings (SSSR count). The van der Waals surface area contributed by atoms with E-state index in [2.05, 4.69) is 60.7 Å². The van der Waals surface area contributed by atoms with Gasteiger partial charge in [0.2, 0.25) is 0 Å². The first kappa shape index (κ1) is 9.90. The Morgan fingerprint density at radius 3 is 2.50 bits per heavy atom. The summed E-state index contributed by atoms with van der Waals surface area (Å²) in [7, 11) is 0. The molecule has 0 heterocycles. The van der Waals surface area contributed by atoms with E-state index in [0.29, 0.717) is 0 Å². The maximum Gasteiger partial charge on any atom is -0.000729 e. The minimum atomic E-state index is 1.08. The first-order chi connectivity index (χ1) is 8.93. The van der Waals surface area contributed by atoms with Crippen LogP contribution in [0, 0.1) is 0 Å². The lowest BCUT2D eigenvalue weighted by molar-refractivity contribution is 1.25. The van der Waals surface area contributed by atoms with Gasteiger partial charge in [-0.1, -0.05) is 60.7 Å². The van der Waals surface area contributed by atoms with Crippen LogP contribution >= 0.6 is 0 Å². The monoisotopic (exact) mass is 230 g/mol. The highest BCUT2D eigenvalue weighted by Crippen LogP contribution is 2.40. The molecule has 0 saturated carbocycles. The zero-order chi connectivity index (χ0) is 11.9. The molecule has 2 aromatic rings. The van der Waals surface area contributed by atoms with Crippen LogP contribution in [0.5, 0.6) is 0 Å². The Hall–Kier alpha value is -2.08. The molecule has 18 heavy (non-hydrogen) atoms. The molecular formula is C18H14. The summed E-state index contributed by atoms with van der Waals surface area (Å²) in [6.07, 6.45) is 8.95. The predicted molar refractivity (Wildman–Crippen MR) is 76.4 cm³/mol. The van der Waals surface area contributed by atoms with Crippen molar-refractivity contribution in [2.24, 2.45) is 0 Å². The van der Waals surface area contributed by atoms with Gasteiger partial charge in [-0.25, -0.2) is 0 Å². The zero-order valence-electron chi connectivity index (χ0n) is 10.2. The SMILES string of the molecule is C1=CC(c2cccc3c2Cc2ccccc2-3)=CC1. The van der Waals surface area contributed by atoms with Gasteiger partial charge in [-0.3, -0.25) is 0 Å². The summed E-state index contributed by atoms with van der Waals surface area (Å²) in [5.41, 5.74) is 8.59. The summed E-state index contributed by atoms with van der Waals surface area (Å²) in [5.74, 6) is 0. The molecule has 0 aromatic heterocycles. The molecular weight excluding hydrogens is 216 g/mol. The van der Waals surface area contributed by atoms with E-state index >= 15 is 0 Å². The van der Waals surface area contributed by atoms with Gasteiger partial charge < -0.3 is 0 Å². The molecule has 0 heteroatoms. The Kier molecular flexibility index (Phi) is 2.04. The van der Waals surface area contributed by atoms with Crippen molar-refractivity contribution in [3.8, 4) is 11.1 Å². The fourth-order valence-corrected chi connectivity index (χ4v) is 3.09. The molecule has 0 spiro atoms. The first-order valence-electron chi connectivity index (χ1n) is 6.51. The minimum absolute atomic E-state index is 1.08. The van der Waals surface area contributed by atoms with E-state index in [0.717, 1.165) is 12.8 Å². The molecule has 0 N–H and O–H groups in total. The number of benzene rings is 2. The third-order valence-corrected chi connectivity index (χ3v) is 3.93. The summed E-state index contributed by atoms with van der Waals surface area (Å²) in [5, 5.41) is 0. The number of rotatable bonds is 1. The molecule has 0 aliphatic heterocycles. The number of fused-ring (bicyclic) bond motifs is 3. The molecule has 0 radical (unpaired) electrons. The van der Waals surface area contributed by atoms with Crippen LogP contribution in [0.25, 0.3) is 16.7 Å². The van der Waals surface area contributed by atoms with Crippen LogP contribution in [0.2, 0.25) is 0 Å². The van der Waals surface area contributed by atoms with E-state index in [1.807, 2.05) is 0 Å². The Labute approximate surface area is 107 Å². The molecule has 0 unspecified atom stereocenters. The van der Waals surface area contributed by atoms with E-state index in [1.165, 1.54) is 33.4 Å². The van der Waals surface area contributed by atoms with E-state index in [4.69, 9.17) is 0 Å². The van der Waals surface area contributed by atoms with Crippen LogP contribution in [0.15, 0.2) is 60.7 Å². The van der Waals surface area contributed by atoms with Gasteiger partial charge in [0.05, 0.1) is 0 Å². The maximum atomic E-state index is 2.32. The predicted octanol–water partition coefficient (Wildman–Crippen LogP) is 4.60. The van der Waals surface area contributed by atoms with E-state index in [1.54, 1.807) is 0 Å². The van der Waals surface area contributed by atoms with Crippen LogP contribution in [0.4, 0.5) is 0 Å². The third kappa shape index (κ3) is 1.32. The summed E-state index contributed by atoms with van der Waals surface area (Å²) in [4.78, 5) is 0. The number of allylic oxidation sites excluding steroid dienone is 4. The number of hydrogen-bond acceptors (Lipinski definition) is 0. The largest absolute Gasteiger partial charge is 0.0801 e. The molecule has 0 bridgehead atoms.